The lowest BCUT2D eigenvalue weighted by Crippen LogP contribution is -2.28. The van der Waals surface area contributed by atoms with E-state index in [-0.39, 0.29) is 12.1 Å². The van der Waals surface area contributed by atoms with Gasteiger partial charge < -0.3 is 15.9 Å². The molecule has 0 unspecified atom stereocenters. The summed E-state index contributed by atoms with van der Waals surface area (Å²) in [5, 5.41) is 17.7. The Morgan fingerprint density at radius 2 is 1.88 bits per heavy atom. The number of aliphatic hydroxyl groups excluding tert-OH is 2. The van der Waals surface area contributed by atoms with Crippen LogP contribution in [0.4, 0.5) is 0 Å². The molecule has 0 spiro atoms. The standard InChI is InChI=1S/C5H11NO2/c6-4-1-3(7)2-5(4)8/h3-5,7-8H,1-2,6H2/t3-,4+,5+/m1/s1. The summed E-state index contributed by atoms with van der Waals surface area (Å²) in [7, 11) is 0. The summed E-state index contributed by atoms with van der Waals surface area (Å²) < 4.78 is 0. The highest BCUT2D eigenvalue weighted by Crippen LogP contribution is 2.16. The van der Waals surface area contributed by atoms with Crippen LogP contribution in [0.25, 0.3) is 0 Å². The Morgan fingerprint density at radius 1 is 1.25 bits per heavy atom. The molecule has 0 aromatic carbocycles. The number of nitrogens with two attached hydrogens (primary N) is 1. The first-order valence-electron chi connectivity index (χ1n) is 2.82. The maximum Gasteiger partial charge on any atom is 0.0716 e. The zero-order valence-electron chi connectivity index (χ0n) is 4.62. The first-order valence-corrected chi connectivity index (χ1v) is 2.82. The first kappa shape index (κ1) is 6.01. The zero-order chi connectivity index (χ0) is 6.15. The largest absolute Gasteiger partial charge is 0.393 e. The lowest BCUT2D eigenvalue weighted by Gasteiger charge is -2.04. The summed E-state index contributed by atoms with van der Waals surface area (Å²) in [6, 6.07) is -0.204. The molecule has 3 atom stereocenters. The second-order valence-electron chi connectivity index (χ2n) is 2.36. The Kier molecular flexibility index (Phi) is 1.51. The van der Waals surface area contributed by atoms with Crippen molar-refractivity contribution in [3.8, 4) is 0 Å². The molecule has 0 amide bonds. The molecule has 1 rings (SSSR count). The van der Waals surface area contributed by atoms with Crippen molar-refractivity contribution in [2.75, 3.05) is 0 Å². The minimum Gasteiger partial charge on any atom is -0.393 e. The number of rotatable bonds is 0. The Labute approximate surface area is 48.1 Å². The van der Waals surface area contributed by atoms with Crippen LogP contribution in [0.5, 0.6) is 0 Å². The summed E-state index contributed by atoms with van der Waals surface area (Å²) in [5.41, 5.74) is 5.36. The van der Waals surface area contributed by atoms with E-state index in [9.17, 15) is 0 Å². The van der Waals surface area contributed by atoms with E-state index >= 15 is 0 Å². The fourth-order valence-corrected chi connectivity index (χ4v) is 1.02. The second-order valence-corrected chi connectivity index (χ2v) is 2.36. The summed E-state index contributed by atoms with van der Waals surface area (Å²) in [4.78, 5) is 0. The SMILES string of the molecule is N[C@H]1C[C@@H](O)C[C@@H]1O. The maximum atomic E-state index is 8.88. The monoisotopic (exact) mass is 117 g/mol. The number of aliphatic hydroxyl groups is 2. The Balaban J connectivity index is 2.39. The summed E-state index contributed by atoms with van der Waals surface area (Å²) >= 11 is 0. The van der Waals surface area contributed by atoms with Crippen molar-refractivity contribution in [1.29, 1.82) is 0 Å². The van der Waals surface area contributed by atoms with Crippen molar-refractivity contribution in [3.63, 3.8) is 0 Å². The van der Waals surface area contributed by atoms with Gasteiger partial charge >= 0.3 is 0 Å². The summed E-state index contributed by atoms with van der Waals surface area (Å²) in [5.74, 6) is 0. The molecule has 8 heavy (non-hydrogen) atoms. The van der Waals surface area contributed by atoms with Crippen molar-refractivity contribution >= 4 is 0 Å². The van der Waals surface area contributed by atoms with E-state index in [2.05, 4.69) is 0 Å². The van der Waals surface area contributed by atoms with E-state index in [1.54, 1.807) is 0 Å². The van der Waals surface area contributed by atoms with Crippen molar-refractivity contribution in [2.24, 2.45) is 5.73 Å². The Bertz CT molecular complexity index is 76.5. The van der Waals surface area contributed by atoms with Crippen molar-refractivity contribution in [2.45, 2.75) is 31.1 Å². The summed E-state index contributed by atoms with van der Waals surface area (Å²) in [6.07, 6.45) is 0.132. The van der Waals surface area contributed by atoms with Crippen molar-refractivity contribution < 1.29 is 10.2 Å². The highest BCUT2D eigenvalue weighted by atomic mass is 16.3. The lowest BCUT2D eigenvalue weighted by atomic mass is 10.2. The van der Waals surface area contributed by atoms with Gasteiger partial charge in [-0.3, -0.25) is 0 Å². The van der Waals surface area contributed by atoms with Gasteiger partial charge in [-0.05, 0) is 6.42 Å². The topological polar surface area (TPSA) is 66.5 Å². The maximum absolute atomic E-state index is 8.88. The smallest absolute Gasteiger partial charge is 0.0716 e. The van der Waals surface area contributed by atoms with Gasteiger partial charge in [0, 0.05) is 12.5 Å². The van der Waals surface area contributed by atoms with Crippen LogP contribution < -0.4 is 5.73 Å². The predicted molar refractivity (Wildman–Crippen MR) is 29.2 cm³/mol. The predicted octanol–water partition coefficient (Wildman–Crippen LogP) is -1.17. The second kappa shape index (κ2) is 2.01. The fourth-order valence-electron chi connectivity index (χ4n) is 1.02. The lowest BCUT2D eigenvalue weighted by molar-refractivity contribution is 0.133. The molecule has 0 heterocycles. The van der Waals surface area contributed by atoms with E-state index < -0.39 is 6.10 Å². The number of hydrogen-bond acceptors (Lipinski definition) is 3. The molecule has 3 nitrogen and oxygen atoms in total. The van der Waals surface area contributed by atoms with Crippen LogP contribution >= 0.6 is 0 Å². The van der Waals surface area contributed by atoms with Gasteiger partial charge in [-0.2, -0.15) is 0 Å². The van der Waals surface area contributed by atoms with Gasteiger partial charge in [0.15, 0.2) is 0 Å². The van der Waals surface area contributed by atoms with Crippen molar-refractivity contribution in [3.05, 3.63) is 0 Å². The van der Waals surface area contributed by atoms with Crippen LogP contribution in [0.3, 0.4) is 0 Å². The molecule has 0 aliphatic heterocycles. The molecule has 4 N–H and O–H groups in total. The molecule has 1 aliphatic carbocycles. The van der Waals surface area contributed by atoms with Crippen LogP contribution in [0, 0.1) is 0 Å². The van der Waals surface area contributed by atoms with Crippen LogP contribution in [-0.2, 0) is 0 Å². The third-order valence-corrected chi connectivity index (χ3v) is 1.55. The average Bonchev–Trinajstić information content (AvgIpc) is 1.85. The van der Waals surface area contributed by atoms with Gasteiger partial charge in [0.25, 0.3) is 0 Å². The Morgan fingerprint density at radius 3 is 2.00 bits per heavy atom. The molecular formula is C5H11NO2. The summed E-state index contributed by atoms with van der Waals surface area (Å²) in [6.45, 7) is 0. The van der Waals surface area contributed by atoms with Gasteiger partial charge in [0.2, 0.25) is 0 Å². The number of hydrogen-bond donors (Lipinski definition) is 3. The van der Waals surface area contributed by atoms with Gasteiger partial charge in [0.05, 0.1) is 12.2 Å². The highest BCUT2D eigenvalue weighted by Gasteiger charge is 2.28. The van der Waals surface area contributed by atoms with Gasteiger partial charge in [-0.25, -0.2) is 0 Å². The molecule has 1 aliphatic rings. The molecule has 1 fully saturated rings. The fraction of sp³-hybridized carbons (Fsp3) is 1.00. The molecule has 0 saturated heterocycles. The molecule has 0 aromatic heterocycles. The van der Waals surface area contributed by atoms with E-state index in [0.717, 1.165) is 0 Å². The van der Waals surface area contributed by atoms with E-state index in [1.807, 2.05) is 0 Å². The highest BCUT2D eigenvalue weighted by molar-refractivity contribution is 4.85. The molecule has 3 heteroatoms. The van der Waals surface area contributed by atoms with Crippen LogP contribution in [0.1, 0.15) is 12.8 Å². The van der Waals surface area contributed by atoms with Gasteiger partial charge in [-0.15, -0.1) is 0 Å². The molecule has 0 aromatic rings. The van der Waals surface area contributed by atoms with Crippen molar-refractivity contribution in [1.82, 2.24) is 0 Å². The molecular weight excluding hydrogens is 106 g/mol. The minimum absolute atomic E-state index is 0.204. The van der Waals surface area contributed by atoms with Crippen LogP contribution in [0.2, 0.25) is 0 Å². The third kappa shape index (κ3) is 0.992. The van der Waals surface area contributed by atoms with E-state index in [1.165, 1.54) is 0 Å². The molecule has 48 valence electrons. The quantitative estimate of drug-likeness (QED) is 0.374. The molecule has 0 bridgehead atoms. The van der Waals surface area contributed by atoms with Gasteiger partial charge in [-0.1, -0.05) is 0 Å². The zero-order valence-corrected chi connectivity index (χ0v) is 4.62. The first-order chi connectivity index (χ1) is 3.70. The normalized spacial score (nSPS) is 47.6. The van der Waals surface area contributed by atoms with E-state index in [0.29, 0.717) is 12.8 Å². The minimum atomic E-state index is -0.481. The molecule has 0 radical (unpaired) electrons. The molecule has 1 saturated carbocycles. The van der Waals surface area contributed by atoms with Gasteiger partial charge in [0.1, 0.15) is 0 Å². The van der Waals surface area contributed by atoms with Crippen LogP contribution in [0.15, 0.2) is 0 Å². The average molecular weight is 117 g/mol. The van der Waals surface area contributed by atoms with Crippen LogP contribution in [-0.4, -0.2) is 28.5 Å². The van der Waals surface area contributed by atoms with E-state index in [4.69, 9.17) is 15.9 Å². The Hall–Kier alpha value is -0.120. The third-order valence-electron chi connectivity index (χ3n) is 1.55.